The van der Waals surface area contributed by atoms with E-state index in [4.69, 9.17) is 34.2 Å². The van der Waals surface area contributed by atoms with Crippen LogP contribution in [0.5, 0.6) is 11.5 Å². The summed E-state index contributed by atoms with van der Waals surface area (Å²) in [6.07, 6.45) is 0.451. The van der Waals surface area contributed by atoms with E-state index >= 15 is 0 Å². The van der Waals surface area contributed by atoms with Gasteiger partial charge in [-0.25, -0.2) is 9.59 Å². The van der Waals surface area contributed by atoms with Crippen LogP contribution in [-0.4, -0.2) is 56.2 Å². The molecule has 0 aliphatic rings. The fourth-order valence-electron chi connectivity index (χ4n) is 3.32. The van der Waals surface area contributed by atoms with Crippen molar-refractivity contribution >= 4 is 24.2 Å². The average Bonchev–Trinajstić information content (AvgIpc) is 2.85. The Morgan fingerprint density at radius 3 is 2.00 bits per heavy atom. The molecule has 0 saturated carbocycles. The van der Waals surface area contributed by atoms with Gasteiger partial charge in [-0.15, -0.1) is 0 Å². The van der Waals surface area contributed by atoms with E-state index in [1.165, 1.54) is 19.2 Å². The largest absolute Gasteiger partial charge is 0.513 e. The van der Waals surface area contributed by atoms with Crippen LogP contribution in [0.3, 0.4) is 0 Å². The molecule has 0 aliphatic heterocycles. The predicted molar refractivity (Wildman–Crippen MR) is 133 cm³/mol. The summed E-state index contributed by atoms with van der Waals surface area (Å²) < 4.78 is 30.7. The molecule has 37 heavy (non-hydrogen) atoms. The Bertz CT molecular complexity index is 903. The quantitative estimate of drug-likeness (QED) is 0.150. The first-order valence-corrected chi connectivity index (χ1v) is 12.5. The number of hydrogen-bond donors (Lipinski definition) is 1. The van der Waals surface area contributed by atoms with Crippen molar-refractivity contribution in [2.45, 2.75) is 84.3 Å². The summed E-state index contributed by atoms with van der Waals surface area (Å²) in [6, 6.07) is 4.35. The van der Waals surface area contributed by atoms with Crippen molar-refractivity contribution in [2.75, 3.05) is 20.3 Å². The molecule has 1 unspecified atom stereocenters. The monoisotopic (exact) mass is 525 g/mol. The van der Waals surface area contributed by atoms with Crippen molar-refractivity contribution in [3.8, 4) is 11.5 Å². The zero-order valence-electron chi connectivity index (χ0n) is 22.3. The molecule has 0 spiro atoms. The number of carbonyl (C=O) groups excluding carboxylic acids is 4. The lowest BCUT2D eigenvalue weighted by molar-refractivity contribution is -0.154. The molecule has 0 amide bonds. The van der Waals surface area contributed by atoms with Gasteiger partial charge in [-0.1, -0.05) is 39.7 Å². The van der Waals surface area contributed by atoms with Gasteiger partial charge in [0.1, 0.15) is 11.6 Å². The summed E-state index contributed by atoms with van der Waals surface area (Å²) in [7, 11) is 1.20. The highest BCUT2D eigenvalue weighted by atomic mass is 16.7. The smallest absolute Gasteiger partial charge is 0.468 e. The molecule has 0 radical (unpaired) electrons. The molecule has 0 bridgehead atoms. The number of nitrogens with two attached hydrogens (primary N) is 1. The number of methoxy groups -OCH3 is 1. The highest BCUT2D eigenvalue weighted by molar-refractivity contribution is 5.81. The maximum Gasteiger partial charge on any atom is 0.513 e. The van der Waals surface area contributed by atoms with Gasteiger partial charge in [0.25, 0.3) is 0 Å². The summed E-state index contributed by atoms with van der Waals surface area (Å²) in [5.41, 5.74) is 5.31. The first-order valence-electron chi connectivity index (χ1n) is 12.5. The molecule has 2 N–H and O–H groups in total. The van der Waals surface area contributed by atoms with Gasteiger partial charge in [0.05, 0.1) is 20.3 Å². The summed E-state index contributed by atoms with van der Waals surface area (Å²) >= 11 is 0. The fraction of sp³-hybridized carbons (Fsp3) is 0.615. The molecule has 0 heterocycles. The number of rotatable bonds is 15. The van der Waals surface area contributed by atoms with Crippen molar-refractivity contribution in [3.63, 3.8) is 0 Å². The van der Waals surface area contributed by atoms with Crippen LogP contribution in [0.1, 0.15) is 71.8 Å². The molecule has 1 aromatic rings. The van der Waals surface area contributed by atoms with Gasteiger partial charge in [-0.2, -0.15) is 0 Å². The van der Waals surface area contributed by atoms with Crippen LogP contribution in [0.25, 0.3) is 0 Å². The Hall–Kier alpha value is -3.34. The van der Waals surface area contributed by atoms with Crippen LogP contribution < -0.4 is 15.2 Å². The van der Waals surface area contributed by atoms with Crippen LogP contribution in [0.4, 0.5) is 9.59 Å². The van der Waals surface area contributed by atoms with Crippen LogP contribution in [-0.2, 0) is 35.0 Å². The average molecular weight is 526 g/mol. The molecule has 0 saturated heterocycles. The second-order valence-corrected chi connectivity index (χ2v) is 8.57. The second kappa shape index (κ2) is 16.4. The summed E-state index contributed by atoms with van der Waals surface area (Å²) in [5, 5.41) is 0. The minimum absolute atomic E-state index is 0.0251. The Morgan fingerprint density at radius 2 is 1.49 bits per heavy atom. The summed E-state index contributed by atoms with van der Waals surface area (Å²) in [6.45, 7) is 7.51. The minimum atomic E-state index is -1.57. The molecule has 11 nitrogen and oxygen atoms in total. The van der Waals surface area contributed by atoms with E-state index in [2.05, 4.69) is 0 Å². The molecule has 0 aromatic heterocycles. The molecule has 2 atom stereocenters. The highest BCUT2D eigenvalue weighted by Crippen LogP contribution is 2.31. The SMILES string of the molecule is CCCCOC(=O)Oc1ccc(CC(N)(C[C@H](C)OC(=O)CC)C(=O)OC)cc1OC(=O)OCCCC. The van der Waals surface area contributed by atoms with Crippen LogP contribution in [0, 0.1) is 0 Å². The first-order chi connectivity index (χ1) is 17.6. The number of ether oxygens (including phenoxy) is 6. The van der Waals surface area contributed by atoms with E-state index in [0.29, 0.717) is 18.4 Å². The van der Waals surface area contributed by atoms with Crippen LogP contribution >= 0.6 is 0 Å². The van der Waals surface area contributed by atoms with Gasteiger partial charge in [0.2, 0.25) is 0 Å². The molecule has 0 fully saturated rings. The number of benzene rings is 1. The molecule has 11 heteroatoms. The Balaban J connectivity index is 3.19. The highest BCUT2D eigenvalue weighted by Gasteiger charge is 2.38. The third-order valence-corrected chi connectivity index (χ3v) is 5.21. The fourth-order valence-corrected chi connectivity index (χ4v) is 3.32. The van der Waals surface area contributed by atoms with Crippen molar-refractivity contribution in [3.05, 3.63) is 23.8 Å². The van der Waals surface area contributed by atoms with Gasteiger partial charge in [-0.3, -0.25) is 9.59 Å². The second-order valence-electron chi connectivity index (χ2n) is 8.57. The number of hydrogen-bond acceptors (Lipinski definition) is 11. The minimum Gasteiger partial charge on any atom is -0.468 e. The van der Waals surface area contributed by atoms with Gasteiger partial charge >= 0.3 is 24.2 Å². The van der Waals surface area contributed by atoms with Gasteiger partial charge < -0.3 is 34.2 Å². The maximum absolute atomic E-state index is 12.6. The number of esters is 2. The van der Waals surface area contributed by atoms with Crippen molar-refractivity contribution in [2.24, 2.45) is 5.73 Å². The molecule has 208 valence electrons. The Labute approximate surface area is 217 Å². The van der Waals surface area contributed by atoms with E-state index in [1.54, 1.807) is 19.9 Å². The topological polar surface area (TPSA) is 150 Å². The summed E-state index contributed by atoms with van der Waals surface area (Å²) in [5.74, 6) is -1.34. The zero-order valence-corrected chi connectivity index (χ0v) is 22.3. The maximum atomic E-state index is 12.6. The first kappa shape index (κ1) is 31.7. The van der Waals surface area contributed by atoms with Crippen molar-refractivity contribution in [1.82, 2.24) is 0 Å². The van der Waals surface area contributed by atoms with E-state index in [-0.39, 0.29) is 44.0 Å². The number of unbranched alkanes of at least 4 members (excludes halogenated alkanes) is 2. The van der Waals surface area contributed by atoms with E-state index in [0.717, 1.165) is 12.8 Å². The normalized spacial score (nSPS) is 13.0. The predicted octanol–water partition coefficient (Wildman–Crippen LogP) is 4.46. The van der Waals surface area contributed by atoms with E-state index < -0.39 is 35.9 Å². The van der Waals surface area contributed by atoms with Gasteiger partial charge in [0.15, 0.2) is 11.5 Å². The Kier molecular flexibility index (Phi) is 14.1. The number of carbonyl (C=O) groups is 4. The van der Waals surface area contributed by atoms with E-state index in [1.807, 2.05) is 13.8 Å². The lowest BCUT2D eigenvalue weighted by Gasteiger charge is -2.29. The zero-order chi connectivity index (χ0) is 27.8. The summed E-state index contributed by atoms with van der Waals surface area (Å²) in [4.78, 5) is 48.5. The van der Waals surface area contributed by atoms with Crippen LogP contribution in [0.2, 0.25) is 0 Å². The van der Waals surface area contributed by atoms with Crippen LogP contribution in [0.15, 0.2) is 18.2 Å². The third-order valence-electron chi connectivity index (χ3n) is 5.21. The molecular weight excluding hydrogens is 486 g/mol. The van der Waals surface area contributed by atoms with Crippen molar-refractivity contribution in [1.29, 1.82) is 0 Å². The molecule has 1 aromatic carbocycles. The van der Waals surface area contributed by atoms with Gasteiger partial charge in [-0.05, 0) is 37.5 Å². The van der Waals surface area contributed by atoms with Gasteiger partial charge in [0, 0.05) is 19.3 Å². The van der Waals surface area contributed by atoms with Crippen molar-refractivity contribution < 1.29 is 47.6 Å². The third kappa shape index (κ3) is 11.5. The Morgan fingerprint density at radius 1 is 0.919 bits per heavy atom. The molecular formula is C26H39NO10. The van der Waals surface area contributed by atoms with E-state index in [9.17, 15) is 19.2 Å². The molecule has 0 aliphatic carbocycles. The lowest BCUT2D eigenvalue weighted by atomic mass is 9.86. The molecule has 1 rings (SSSR count). The standard InChI is InChI=1S/C26H39NO10/c1-6-9-13-33-24(30)36-20-12-11-19(15-21(20)37-25(31)34-14-10-7-2)17-26(27,23(29)32-5)16-18(4)35-22(28)8-3/h11-12,15,18H,6-10,13-14,16-17,27H2,1-5H3/t18-,26?/m0/s1. The lowest BCUT2D eigenvalue weighted by Crippen LogP contribution is -2.53.